The number of amides is 4. The highest BCUT2D eigenvalue weighted by Gasteiger charge is 2.30. The Labute approximate surface area is 445 Å². The second kappa shape index (κ2) is 33.4. The summed E-state index contributed by atoms with van der Waals surface area (Å²) < 4.78 is 0. The van der Waals surface area contributed by atoms with Crippen LogP contribution in [-0.2, 0) is 58.6 Å². The number of hydrogen-bond acceptors (Lipinski definition) is 16. The van der Waals surface area contributed by atoms with Crippen LogP contribution in [0.2, 0.25) is 0 Å². The van der Waals surface area contributed by atoms with Crippen LogP contribution < -0.4 is 21.9 Å². The van der Waals surface area contributed by atoms with Gasteiger partial charge in [0.05, 0.1) is 22.8 Å². The molecule has 0 spiro atoms. The van der Waals surface area contributed by atoms with Gasteiger partial charge in [0.2, 0.25) is 0 Å². The lowest BCUT2D eigenvalue weighted by molar-refractivity contribution is 0.0694. The van der Waals surface area contributed by atoms with Gasteiger partial charge in [0.25, 0.3) is 23.6 Å². The molecule has 0 radical (unpaired) electrons. The first kappa shape index (κ1) is 62.8. The average molecular weight is 1050 g/mol. The fourth-order valence-electron chi connectivity index (χ4n) is 7.44. The van der Waals surface area contributed by atoms with E-state index in [0.29, 0.717) is 34.1 Å². The highest BCUT2D eigenvalue weighted by atomic mass is 16.6. The van der Waals surface area contributed by atoms with Gasteiger partial charge in [-0.25, -0.2) is 21.9 Å². The van der Waals surface area contributed by atoms with Gasteiger partial charge in [-0.15, -0.1) is 0 Å². The van der Waals surface area contributed by atoms with Gasteiger partial charge in [-0.05, 0) is 151 Å². The van der Waals surface area contributed by atoms with Crippen LogP contribution in [0.1, 0.15) is 206 Å². The lowest BCUT2D eigenvalue weighted by atomic mass is 9.98. The van der Waals surface area contributed by atoms with Gasteiger partial charge in [-0.1, -0.05) is 96.8 Å². The molecule has 4 aromatic carbocycles. The largest absolute Gasteiger partial charge is 0.391 e. The summed E-state index contributed by atoms with van der Waals surface area (Å²) >= 11 is 0. The average Bonchev–Trinajstić information content (AvgIpc) is 4.39. The maximum Gasteiger partial charge on any atom is 0.275 e. The van der Waals surface area contributed by atoms with Crippen LogP contribution in [0.25, 0.3) is 0 Å². The Morgan fingerprint density at radius 1 is 0.434 bits per heavy atom. The molecule has 0 aliphatic heterocycles. The van der Waals surface area contributed by atoms with Crippen LogP contribution in [0.3, 0.4) is 0 Å². The second-order valence-corrected chi connectivity index (χ2v) is 18.2. The molecule has 20 nitrogen and oxygen atoms in total. The van der Waals surface area contributed by atoms with E-state index >= 15 is 0 Å². The molecule has 2 aliphatic carbocycles. The second-order valence-electron chi connectivity index (χ2n) is 18.2. The maximum atomic E-state index is 11.7. The van der Waals surface area contributed by atoms with Crippen molar-refractivity contribution < 1.29 is 59.4 Å². The number of rotatable bonds is 22. The zero-order valence-electron chi connectivity index (χ0n) is 45.4. The summed E-state index contributed by atoms with van der Waals surface area (Å²) in [5, 5.41) is 50.8. The van der Waals surface area contributed by atoms with Crippen LogP contribution in [0.4, 0.5) is 0 Å². The third-order valence-corrected chi connectivity index (χ3v) is 11.9. The van der Waals surface area contributed by atoms with Gasteiger partial charge in [-0.3, -0.25) is 40.0 Å². The van der Waals surface area contributed by atoms with Crippen molar-refractivity contribution in [3.63, 3.8) is 0 Å². The molecule has 412 valence electrons. The van der Waals surface area contributed by atoms with E-state index in [2.05, 4.69) is 20.6 Å². The number of hydrogen-bond donors (Lipinski definition) is 8. The fraction of sp³-hybridized carbons (Fsp3) is 0.429. The number of benzene rings is 4. The Bertz CT molecular complexity index is 2670. The molecule has 0 unspecified atom stereocenters. The van der Waals surface area contributed by atoms with Crippen LogP contribution >= 0.6 is 0 Å². The molecule has 2 saturated carbocycles. The molecule has 2 fully saturated rings. The van der Waals surface area contributed by atoms with E-state index in [1.807, 2.05) is 106 Å². The first-order valence-electron chi connectivity index (χ1n) is 25.3. The number of oxime groups is 4. The Kier molecular flexibility index (Phi) is 27.6. The zero-order chi connectivity index (χ0) is 56.2. The maximum absolute atomic E-state index is 11.7. The molecule has 6 rings (SSSR count). The van der Waals surface area contributed by atoms with Gasteiger partial charge in [-0.2, -0.15) is 0 Å². The van der Waals surface area contributed by atoms with E-state index < -0.39 is 23.6 Å². The van der Waals surface area contributed by atoms with Gasteiger partial charge < -0.3 is 19.4 Å². The Hall–Kier alpha value is -7.52. The van der Waals surface area contributed by atoms with Crippen LogP contribution in [0.15, 0.2) is 93.4 Å². The minimum atomic E-state index is -0.541. The molecule has 0 heterocycles. The summed E-state index contributed by atoms with van der Waals surface area (Å²) in [6.45, 7) is 20.0. The summed E-state index contributed by atoms with van der Waals surface area (Å²) in [5.41, 5.74) is 19.1. The molecule has 76 heavy (non-hydrogen) atoms. The van der Waals surface area contributed by atoms with Gasteiger partial charge in [0.1, 0.15) is 26.4 Å². The topological polar surface area (TPSA) is 284 Å². The van der Waals surface area contributed by atoms with E-state index in [4.69, 9.17) is 40.2 Å². The van der Waals surface area contributed by atoms with Crippen molar-refractivity contribution in [2.24, 2.45) is 20.6 Å². The molecule has 0 atom stereocenters. The molecular formula is C56H76N8O12. The molecule has 0 saturated heterocycles. The molecular weight excluding hydrogens is 977 g/mol. The van der Waals surface area contributed by atoms with Gasteiger partial charge in [0, 0.05) is 44.5 Å². The van der Waals surface area contributed by atoms with Crippen LogP contribution in [0.5, 0.6) is 0 Å². The van der Waals surface area contributed by atoms with Gasteiger partial charge >= 0.3 is 0 Å². The summed E-state index contributed by atoms with van der Waals surface area (Å²) in [6.07, 6.45) is 7.74. The minimum absolute atomic E-state index is 0.206. The monoisotopic (exact) mass is 1050 g/mol. The molecule has 4 aromatic rings. The summed E-state index contributed by atoms with van der Waals surface area (Å²) in [7, 11) is 0. The van der Waals surface area contributed by atoms with Gasteiger partial charge in [0.15, 0.2) is 0 Å². The third-order valence-electron chi connectivity index (χ3n) is 11.9. The molecule has 0 bridgehead atoms. The normalized spacial score (nSPS) is 12.6. The Balaban J connectivity index is 0.000000267. The van der Waals surface area contributed by atoms with Crippen molar-refractivity contribution in [2.75, 3.05) is 0 Å². The highest BCUT2D eigenvalue weighted by Crippen LogP contribution is 2.43. The molecule has 0 aromatic heterocycles. The van der Waals surface area contributed by atoms with E-state index in [9.17, 15) is 19.2 Å². The number of carbonyl (C=O) groups is 4. The van der Waals surface area contributed by atoms with E-state index in [0.717, 1.165) is 119 Å². The molecule has 20 heteroatoms. The summed E-state index contributed by atoms with van der Waals surface area (Å²) in [6, 6.07) is 21.8. The molecule has 8 N–H and O–H groups in total. The molecule has 2 aliphatic rings. The smallest absolute Gasteiger partial charge is 0.275 e. The SMILES string of the molecule is CC(C)=NOCc1c(C(=O)NO)cccc1C1CC1.CCC(C)=NOCc1c(C(=O)NO)cccc1C1CC1.CCC(C)=NOCc1c(CC)cccc1C(=O)NO.CCc1cccc(C(=O)NO)c1CON=C(C)C. The first-order valence-corrected chi connectivity index (χ1v) is 25.3. The number of hydroxylamine groups is 4. The zero-order valence-corrected chi connectivity index (χ0v) is 45.4. The summed E-state index contributed by atoms with van der Waals surface area (Å²) in [5.74, 6) is -1.11. The van der Waals surface area contributed by atoms with Crippen molar-refractivity contribution in [1.82, 2.24) is 21.9 Å². The highest BCUT2D eigenvalue weighted by molar-refractivity contribution is 5.97. The fourth-order valence-corrected chi connectivity index (χ4v) is 7.44. The van der Waals surface area contributed by atoms with E-state index in [-0.39, 0.29) is 26.4 Å². The quantitative estimate of drug-likeness (QED) is 0.0207. The van der Waals surface area contributed by atoms with Crippen molar-refractivity contribution in [1.29, 1.82) is 0 Å². The lowest BCUT2D eigenvalue weighted by Gasteiger charge is -2.12. The number of nitrogens with zero attached hydrogens (tertiary/aromatic N) is 4. The summed E-state index contributed by atoms with van der Waals surface area (Å²) in [4.78, 5) is 67.6. The number of nitrogens with one attached hydrogen (secondary N) is 4. The van der Waals surface area contributed by atoms with E-state index in [1.54, 1.807) is 58.3 Å². The predicted molar refractivity (Wildman–Crippen MR) is 289 cm³/mol. The number of aryl methyl sites for hydroxylation is 2. The van der Waals surface area contributed by atoms with Crippen molar-refractivity contribution in [3.8, 4) is 0 Å². The van der Waals surface area contributed by atoms with Crippen molar-refractivity contribution in [3.05, 3.63) is 140 Å². The minimum Gasteiger partial charge on any atom is -0.391 e. The number of carbonyl (C=O) groups excluding carboxylic acids is 4. The lowest BCUT2D eigenvalue weighted by Crippen LogP contribution is -2.21. The van der Waals surface area contributed by atoms with Crippen molar-refractivity contribution >= 4 is 46.5 Å². The molecule has 4 amide bonds. The van der Waals surface area contributed by atoms with E-state index in [1.165, 1.54) is 0 Å². The van der Waals surface area contributed by atoms with Crippen LogP contribution in [0, 0.1) is 0 Å². The van der Waals surface area contributed by atoms with Crippen LogP contribution in [-0.4, -0.2) is 67.3 Å². The van der Waals surface area contributed by atoms with Crippen molar-refractivity contribution in [2.45, 2.75) is 159 Å². The Morgan fingerprint density at radius 3 is 0.974 bits per heavy atom. The predicted octanol–water partition coefficient (Wildman–Crippen LogP) is 10.5. The first-order chi connectivity index (χ1) is 36.5. The Morgan fingerprint density at radius 2 is 0.711 bits per heavy atom. The third kappa shape index (κ3) is 20.3. The standard InChI is InChI=1S/C15H20N2O3.C14H18N2O3.C14H20N2O3.C13H18N2O3/c1-3-10(2)17-20-9-14-12(11-7-8-11)5-4-6-13(14)15(18)16-19;1-9(2)16-19-8-13-11(10-6-7-10)4-3-5-12(13)14(17)15-18;1-4-10(3)16-19-9-13-11(5-2)7-6-8-12(13)14(17)15-18;1-4-10-6-5-7-11(13(16)14-17)12(10)8-18-15-9(2)3/h4-6,11,19H,3,7-9H2,1-2H3,(H,16,18);3-5,10,18H,6-8H2,1-2H3,(H,15,17);6-8,18H,4-5,9H2,1-3H3,(H,15,17);5-7,17H,4,8H2,1-3H3,(H,14,16).